The first-order valence-electron chi connectivity index (χ1n) is 5.47. The van der Waals surface area contributed by atoms with Gasteiger partial charge in [0.25, 0.3) is 0 Å². The topological polar surface area (TPSA) is 0 Å². The molecule has 1 aliphatic heterocycles. The molecule has 76 valence electrons. The summed E-state index contributed by atoms with van der Waals surface area (Å²) in [7, 11) is 0.235. The van der Waals surface area contributed by atoms with Crippen LogP contribution < -0.4 is 0 Å². The Morgan fingerprint density at radius 3 is 2.57 bits per heavy atom. The molecular weight excluding hydrogens is 187 g/mol. The van der Waals surface area contributed by atoms with Crippen LogP contribution in [0.1, 0.15) is 25.8 Å². The average Bonchev–Trinajstić information content (AvgIpc) is 2.48. The number of rotatable bonds is 2. The zero-order valence-corrected chi connectivity index (χ0v) is 10.1. The van der Waals surface area contributed by atoms with E-state index in [-0.39, 0.29) is 10.7 Å². The van der Waals surface area contributed by atoms with Crippen molar-refractivity contribution in [1.82, 2.24) is 0 Å². The van der Waals surface area contributed by atoms with Gasteiger partial charge in [0.2, 0.25) is 0 Å². The molecule has 0 nitrogen and oxygen atoms in total. The summed E-state index contributed by atoms with van der Waals surface area (Å²) in [4.78, 5) is 0. The summed E-state index contributed by atoms with van der Waals surface area (Å²) < 4.78 is 0.630. The van der Waals surface area contributed by atoms with Gasteiger partial charge in [-0.25, -0.2) is 0 Å². The van der Waals surface area contributed by atoms with Crippen LogP contribution in [-0.2, 0) is 5.75 Å². The van der Waals surface area contributed by atoms with E-state index in [1.807, 2.05) is 0 Å². The minimum atomic E-state index is 0.235. The summed E-state index contributed by atoms with van der Waals surface area (Å²) in [6.07, 6.45) is 2.89. The summed E-state index contributed by atoms with van der Waals surface area (Å²) in [5.74, 6) is 1.34. The minimum Gasteiger partial charge on any atom is -0.277 e. The average molecular weight is 206 g/mol. The highest BCUT2D eigenvalue weighted by molar-refractivity contribution is 8.38. The van der Waals surface area contributed by atoms with E-state index in [4.69, 9.17) is 0 Å². The lowest BCUT2D eigenvalue weighted by molar-refractivity contribution is 0.692. The second-order valence-electron chi connectivity index (χ2n) is 4.82. The first-order chi connectivity index (χ1) is 6.68. The molecule has 1 unspecified atom stereocenters. The fourth-order valence-electron chi connectivity index (χ4n) is 2.26. The first kappa shape index (κ1) is 10.2. The fourth-order valence-corrected chi connectivity index (χ4v) is 5.12. The lowest BCUT2D eigenvalue weighted by Crippen LogP contribution is -2.15. The Bertz CT molecular complexity index is 294. The molecule has 0 saturated carbocycles. The van der Waals surface area contributed by atoms with Crippen molar-refractivity contribution in [3.8, 4) is 0 Å². The van der Waals surface area contributed by atoms with Gasteiger partial charge in [-0.3, -0.25) is 10.7 Å². The van der Waals surface area contributed by atoms with Crippen molar-refractivity contribution in [2.24, 2.45) is 0 Å². The molecule has 1 atom stereocenters. The SMILES string of the molecule is CC1(C)CCB[SH]1Cc1ccccc1. The van der Waals surface area contributed by atoms with Gasteiger partial charge in [-0.15, -0.1) is 0 Å². The van der Waals surface area contributed by atoms with Crippen molar-refractivity contribution < 1.29 is 0 Å². The number of thiol groups is 1. The molecule has 0 radical (unpaired) electrons. The van der Waals surface area contributed by atoms with Crippen LogP contribution >= 0.6 is 10.7 Å². The van der Waals surface area contributed by atoms with Gasteiger partial charge in [0.05, 0.1) is 0 Å². The monoisotopic (exact) mass is 206 g/mol. The maximum atomic E-state index is 2.45. The standard InChI is InChI=1S/C12H19BS/c1-12(2)8-9-13-14(12)10-11-6-4-3-5-7-11/h3-7,13-14H,8-10H2,1-2H3. The van der Waals surface area contributed by atoms with Crippen molar-refractivity contribution in [3.63, 3.8) is 0 Å². The van der Waals surface area contributed by atoms with Crippen molar-refractivity contribution in [2.45, 2.75) is 37.1 Å². The summed E-state index contributed by atoms with van der Waals surface area (Å²) in [5.41, 5.74) is 1.54. The molecule has 1 aromatic carbocycles. The number of hydrogen-bond acceptors (Lipinski definition) is 0. The van der Waals surface area contributed by atoms with Gasteiger partial charge in [-0.2, -0.15) is 0 Å². The van der Waals surface area contributed by atoms with Gasteiger partial charge in [0, 0.05) is 0 Å². The van der Waals surface area contributed by atoms with Crippen LogP contribution in [0.4, 0.5) is 0 Å². The van der Waals surface area contributed by atoms with Crippen LogP contribution in [0.5, 0.6) is 0 Å². The normalized spacial score (nSPS) is 27.1. The van der Waals surface area contributed by atoms with Crippen LogP contribution in [0, 0.1) is 0 Å². The summed E-state index contributed by atoms with van der Waals surface area (Å²) >= 11 is 0. The summed E-state index contributed by atoms with van der Waals surface area (Å²) in [6, 6.07) is 11.0. The Kier molecular flexibility index (Phi) is 2.92. The molecule has 0 amide bonds. The Labute approximate surface area is 90.6 Å². The predicted octanol–water partition coefficient (Wildman–Crippen LogP) is 3.14. The molecule has 0 aliphatic carbocycles. The lowest BCUT2D eigenvalue weighted by atomic mass is 9.96. The van der Waals surface area contributed by atoms with Crippen LogP contribution in [-0.4, -0.2) is 11.3 Å². The number of hydrogen-bond donors (Lipinski definition) is 1. The minimum absolute atomic E-state index is 0.235. The smallest absolute Gasteiger partial charge is 0.170 e. The van der Waals surface area contributed by atoms with Crippen molar-refractivity contribution in [1.29, 1.82) is 0 Å². The zero-order valence-electron chi connectivity index (χ0n) is 9.16. The quantitative estimate of drug-likeness (QED) is 0.557. The maximum absolute atomic E-state index is 2.45. The molecule has 14 heavy (non-hydrogen) atoms. The predicted molar refractivity (Wildman–Crippen MR) is 69.8 cm³/mol. The lowest BCUT2D eigenvalue weighted by Gasteiger charge is -2.31. The van der Waals surface area contributed by atoms with Crippen molar-refractivity contribution in [3.05, 3.63) is 35.9 Å². The van der Waals surface area contributed by atoms with Crippen molar-refractivity contribution in [2.75, 3.05) is 0 Å². The molecule has 1 aliphatic rings. The van der Waals surface area contributed by atoms with Crippen molar-refractivity contribution >= 4 is 17.3 Å². The molecular formula is C12H19BS. The second kappa shape index (κ2) is 4.02. The van der Waals surface area contributed by atoms with E-state index in [1.165, 1.54) is 30.6 Å². The van der Waals surface area contributed by atoms with Crippen LogP contribution in [0.25, 0.3) is 0 Å². The molecule has 1 heterocycles. The van der Waals surface area contributed by atoms with E-state index < -0.39 is 0 Å². The Morgan fingerprint density at radius 2 is 2.00 bits per heavy atom. The van der Waals surface area contributed by atoms with Gasteiger partial charge < -0.3 is 0 Å². The largest absolute Gasteiger partial charge is 0.277 e. The Balaban J connectivity index is 2.05. The molecule has 0 aromatic heterocycles. The van der Waals surface area contributed by atoms with Crippen LogP contribution in [0.15, 0.2) is 30.3 Å². The highest BCUT2D eigenvalue weighted by Gasteiger charge is 2.31. The zero-order chi connectivity index (χ0) is 10.0. The van der Waals surface area contributed by atoms with Gasteiger partial charge in [-0.05, 0) is 22.5 Å². The van der Waals surface area contributed by atoms with E-state index in [2.05, 4.69) is 44.2 Å². The second-order valence-corrected chi connectivity index (χ2v) is 7.88. The molecule has 0 spiro atoms. The molecule has 0 bridgehead atoms. The van der Waals surface area contributed by atoms with E-state index >= 15 is 0 Å². The van der Waals surface area contributed by atoms with Gasteiger partial charge in [0.1, 0.15) is 0 Å². The van der Waals surface area contributed by atoms with Gasteiger partial charge in [0.15, 0.2) is 6.56 Å². The van der Waals surface area contributed by atoms with Crippen LogP contribution in [0.2, 0.25) is 6.32 Å². The molecule has 2 heteroatoms. The molecule has 1 aromatic rings. The highest BCUT2D eigenvalue weighted by Crippen LogP contribution is 2.51. The molecule has 2 rings (SSSR count). The van der Waals surface area contributed by atoms with Gasteiger partial charge >= 0.3 is 0 Å². The van der Waals surface area contributed by atoms with E-state index in [0.29, 0.717) is 4.75 Å². The highest BCUT2D eigenvalue weighted by atomic mass is 32.2. The van der Waals surface area contributed by atoms with Crippen LogP contribution in [0.3, 0.4) is 0 Å². The van der Waals surface area contributed by atoms with E-state index in [1.54, 1.807) is 0 Å². The third-order valence-corrected chi connectivity index (χ3v) is 6.83. The van der Waals surface area contributed by atoms with E-state index in [0.717, 1.165) is 0 Å². The molecule has 1 fully saturated rings. The van der Waals surface area contributed by atoms with Gasteiger partial charge in [-0.1, -0.05) is 50.5 Å². The maximum Gasteiger partial charge on any atom is 0.170 e. The third-order valence-electron chi connectivity index (χ3n) is 3.29. The van der Waals surface area contributed by atoms with E-state index in [9.17, 15) is 0 Å². The number of benzene rings is 1. The Morgan fingerprint density at radius 1 is 1.29 bits per heavy atom. The molecule has 1 saturated heterocycles. The summed E-state index contributed by atoms with van der Waals surface area (Å²) in [6.45, 7) is 6.39. The fraction of sp³-hybridized carbons (Fsp3) is 0.500. The molecule has 0 N–H and O–H groups in total. The Hall–Kier alpha value is -0.365. The first-order valence-corrected chi connectivity index (χ1v) is 7.19. The third kappa shape index (κ3) is 2.17. The summed E-state index contributed by atoms with van der Waals surface area (Å²) in [5, 5.41) is 0.